The zero-order valence-electron chi connectivity index (χ0n) is 16.7. The van der Waals surface area contributed by atoms with E-state index in [1.807, 2.05) is 0 Å². The van der Waals surface area contributed by atoms with Gasteiger partial charge in [0.25, 0.3) is 0 Å². The normalized spacial score (nSPS) is 18.2. The standard InChI is InChI=1S/C19H32N4O2.3ClH/c1-22-11-12-23(18(15-22)16-7-4-3-5-8-16)10-6-9-21-19(24)13-17(14-20)25-2;;;/h3-5,7-8,17-18H,6,9-15,20H2,1-2H3,(H,21,24);3*1H. The number of piperazine rings is 1. The van der Waals surface area contributed by atoms with E-state index in [2.05, 4.69) is 52.5 Å². The van der Waals surface area contributed by atoms with Gasteiger partial charge in [-0.25, -0.2) is 0 Å². The van der Waals surface area contributed by atoms with Gasteiger partial charge in [-0.2, -0.15) is 0 Å². The van der Waals surface area contributed by atoms with E-state index in [1.54, 1.807) is 7.11 Å². The Balaban J connectivity index is 0. The van der Waals surface area contributed by atoms with Crippen LogP contribution in [-0.2, 0) is 9.53 Å². The molecule has 1 amide bonds. The van der Waals surface area contributed by atoms with Gasteiger partial charge < -0.3 is 20.7 Å². The number of halogens is 3. The second-order valence-electron chi connectivity index (χ2n) is 6.73. The van der Waals surface area contributed by atoms with Crippen molar-refractivity contribution in [2.75, 3.05) is 53.4 Å². The molecule has 9 heteroatoms. The van der Waals surface area contributed by atoms with Gasteiger partial charge in [-0.15, -0.1) is 37.2 Å². The predicted octanol–water partition coefficient (Wildman–Crippen LogP) is 2.11. The first-order valence-electron chi connectivity index (χ1n) is 9.11. The van der Waals surface area contributed by atoms with Crippen LogP contribution in [0.4, 0.5) is 0 Å². The molecular formula is C19H35Cl3N4O2. The molecule has 1 aromatic carbocycles. The number of methoxy groups -OCH3 is 1. The number of hydrogen-bond donors (Lipinski definition) is 2. The number of hydrogen-bond acceptors (Lipinski definition) is 5. The minimum atomic E-state index is -0.194. The van der Waals surface area contributed by atoms with Crippen LogP contribution in [0.1, 0.15) is 24.4 Å². The minimum Gasteiger partial charge on any atom is -0.380 e. The number of ether oxygens (including phenoxy) is 1. The van der Waals surface area contributed by atoms with Crippen LogP contribution >= 0.6 is 37.2 Å². The van der Waals surface area contributed by atoms with Gasteiger partial charge in [0.05, 0.1) is 12.5 Å². The van der Waals surface area contributed by atoms with Crippen molar-refractivity contribution >= 4 is 43.1 Å². The number of carbonyl (C=O) groups excluding carboxylic acids is 1. The van der Waals surface area contributed by atoms with E-state index in [0.717, 1.165) is 32.6 Å². The van der Waals surface area contributed by atoms with E-state index in [-0.39, 0.29) is 49.2 Å². The fraction of sp³-hybridized carbons (Fsp3) is 0.632. The average molecular weight is 458 g/mol. The highest BCUT2D eigenvalue weighted by Gasteiger charge is 2.25. The molecule has 0 saturated carbocycles. The zero-order valence-corrected chi connectivity index (χ0v) is 19.2. The molecule has 28 heavy (non-hydrogen) atoms. The third-order valence-electron chi connectivity index (χ3n) is 4.83. The Labute approximate surface area is 187 Å². The van der Waals surface area contributed by atoms with Crippen LogP contribution in [0.3, 0.4) is 0 Å². The zero-order chi connectivity index (χ0) is 18.1. The van der Waals surface area contributed by atoms with Crippen LogP contribution in [0.2, 0.25) is 0 Å². The van der Waals surface area contributed by atoms with Gasteiger partial charge in [0.15, 0.2) is 0 Å². The lowest BCUT2D eigenvalue weighted by Crippen LogP contribution is -2.47. The second-order valence-corrected chi connectivity index (χ2v) is 6.73. The van der Waals surface area contributed by atoms with E-state index in [0.29, 0.717) is 25.6 Å². The van der Waals surface area contributed by atoms with Gasteiger partial charge in [-0.3, -0.25) is 9.69 Å². The molecule has 1 aliphatic rings. The van der Waals surface area contributed by atoms with Gasteiger partial charge >= 0.3 is 0 Å². The number of carbonyl (C=O) groups is 1. The largest absolute Gasteiger partial charge is 0.380 e. The molecule has 6 nitrogen and oxygen atoms in total. The number of nitrogens with two attached hydrogens (primary N) is 1. The Bertz CT molecular complexity index is 521. The summed E-state index contributed by atoms with van der Waals surface area (Å²) in [7, 11) is 3.76. The Kier molecular flexibility index (Phi) is 17.2. The summed E-state index contributed by atoms with van der Waals surface area (Å²) < 4.78 is 5.15. The summed E-state index contributed by atoms with van der Waals surface area (Å²) in [5.74, 6) is 0.00952. The molecule has 1 aromatic rings. The second kappa shape index (κ2) is 16.2. The first kappa shape index (κ1) is 29.6. The molecule has 0 aromatic heterocycles. The van der Waals surface area contributed by atoms with Crippen molar-refractivity contribution in [3.63, 3.8) is 0 Å². The van der Waals surface area contributed by atoms with Crippen molar-refractivity contribution in [1.82, 2.24) is 15.1 Å². The average Bonchev–Trinajstić information content (AvgIpc) is 2.64. The highest BCUT2D eigenvalue weighted by molar-refractivity contribution is 5.86. The Hall–Kier alpha value is -0.600. The maximum atomic E-state index is 11.9. The van der Waals surface area contributed by atoms with Gasteiger partial charge in [0.1, 0.15) is 0 Å². The highest BCUT2D eigenvalue weighted by atomic mass is 35.5. The van der Waals surface area contributed by atoms with Crippen molar-refractivity contribution in [1.29, 1.82) is 0 Å². The molecule has 164 valence electrons. The van der Waals surface area contributed by atoms with Crippen LogP contribution in [0, 0.1) is 0 Å². The number of nitrogens with zero attached hydrogens (tertiary/aromatic N) is 2. The Morgan fingerprint density at radius 3 is 2.54 bits per heavy atom. The number of amides is 1. The Morgan fingerprint density at radius 2 is 1.93 bits per heavy atom. The molecule has 1 saturated heterocycles. The first-order valence-corrected chi connectivity index (χ1v) is 9.11. The molecule has 1 aliphatic heterocycles. The maximum absolute atomic E-state index is 11.9. The molecule has 1 heterocycles. The van der Waals surface area contributed by atoms with E-state index < -0.39 is 0 Å². The van der Waals surface area contributed by atoms with Crippen molar-refractivity contribution in [3.05, 3.63) is 35.9 Å². The molecule has 1 fully saturated rings. The van der Waals surface area contributed by atoms with Crippen molar-refractivity contribution in [2.45, 2.75) is 25.0 Å². The SMILES string of the molecule is COC(CN)CC(=O)NCCCN1CCN(C)CC1c1ccccc1.Cl.Cl.Cl. The predicted molar refractivity (Wildman–Crippen MR) is 122 cm³/mol. The summed E-state index contributed by atoms with van der Waals surface area (Å²) in [6.07, 6.45) is 1.08. The van der Waals surface area contributed by atoms with Gasteiger partial charge in [-0.1, -0.05) is 30.3 Å². The number of rotatable bonds is 9. The summed E-state index contributed by atoms with van der Waals surface area (Å²) in [6, 6.07) is 11.1. The van der Waals surface area contributed by atoms with Crippen LogP contribution in [0.15, 0.2) is 30.3 Å². The molecule has 2 unspecified atom stereocenters. The summed E-state index contributed by atoms with van der Waals surface area (Å²) in [4.78, 5) is 16.8. The lowest BCUT2D eigenvalue weighted by Gasteiger charge is -2.40. The van der Waals surface area contributed by atoms with Crippen molar-refractivity contribution in [3.8, 4) is 0 Å². The van der Waals surface area contributed by atoms with Crippen LogP contribution in [0.25, 0.3) is 0 Å². The summed E-state index contributed by atoms with van der Waals surface area (Å²) >= 11 is 0. The van der Waals surface area contributed by atoms with Crippen molar-refractivity contribution < 1.29 is 9.53 Å². The maximum Gasteiger partial charge on any atom is 0.222 e. The number of nitrogens with one attached hydrogen (secondary N) is 1. The van der Waals surface area contributed by atoms with Crippen LogP contribution in [0.5, 0.6) is 0 Å². The number of benzene rings is 1. The fourth-order valence-electron chi connectivity index (χ4n) is 3.27. The fourth-order valence-corrected chi connectivity index (χ4v) is 3.27. The number of likely N-dealkylation sites (N-methyl/N-ethyl adjacent to an activating group) is 1. The van der Waals surface area contributed by atoms with E-state index in [4.69, 9.17) is 10.5 Å². The third kappa shape index (κ3) is 9.74. The lowest BCUT2D eigenvalue weighted by atomic mass is 10.0. The molecule has 0 spiro atoms. The molecule has 2 rings (SSSR count). The van der Waals surface area contributed by atoms with Gasteiger partial charge in [-0.05, 0) is 19.0 Å². The molecule has 0 aliphatic carbocycles. The molecule has 2 atom stereocenters. The summed E-state index contributed by atoms with van der Waals surface area (Å²) in [5.41, 5.74) is 6.91. The molecule has 0 bridgehead atoms. The van der Waals surface area contributed by atoms with Crippen molar-refractivity contribution in [2.24, 2.45) is 5.73 Å². The van der Waals surface area contributed by atoms with Crippen LogP contribution in [-0.4, -0.2) is 75.2 Å². The first-order chi connectivity index (χ1) is 12.1. The minimum absolute atomic E-state index is 0. The molecule has 0 radical (unpaired) electrons. The topological polar surface area (TPSA) is 70.8 Å². The van der Waals surface area contributed by atoms with Gasteiger partial charge in [0.2, 0.25) is 5.91 Å². The highest BCUT2D eigenvalue weighted by Crippen LogP contribution is 2.24. The van der Waals surface area contributed by atoms with E-state index >= 15 is 0 Å². The smallest absolute Gasteiger partial charge is 0.222 e. The van der Waals surface area contributed by atoms with E-state index in [9.17, 15) is 4.79 Å². The monoisotopic (exact) mass is 456 g/mol. The quantitative estimate of drug-likeness (QED) is 0.556. The molecule has 3 N–H and O–H groups in total. The van der Waals surface area contributed by atoms with Gasteiger partial charge in [0, 0.05) is 52.4 Å². The third-order valence-corrected chi connectivity index (χ3v) is 4.83. The molecular weight excluding hydrogens is 423 g/mol. The summed E-state index contributed by atoms with van der Waals surface area (Å²) in [6.45, 7) is 5.23. The Morgan fingerprint density at radius 1 is 1.25 bits per heavy atom. The summed E-state index contributed by atoms with van der Waals surface area (Å²) in [5, 5.41) is 2.97. The van der Waals surface area contributed by atoms with Crippen LogP contribution < -0.4 is 11.1 Å². The van der Waals surface area contributed by atoms with E-state index in [1.165, 1.54) is 5.56 Å². The lowest BCUT2D eigenvalue weighted by molar-refractivity contribution is -0.123.